The van der Waals surface area contributed by atoms with Crippen LogP contribution in [0.25, 0.3) is 0 Å². The smallest absolute Gasteiger partial charge is 0.157 e. The lowest BCUT2D eigenvalue weighted by atomic mass is 10.3. The van der Waals surface area contributed by atoms with Gasteiger partial charge < -0.3 is 10.2 Å². The van der Waals surface area contributed by atoms with Gasteiger partial charge in [-0.1, -0.05) is 6.07 Å². The number of aliphatic hydroxyl groups is 2. The quantitative estimate of drug-likeness (QED) is 0.564. The first kappa shape index (κ1) is 7.18. The van der Waals surface area contributed by atoms with E-state index >= 15 is 0 Å². The number of aromatic nitrogens is 1. The zero-order valence-corrected chi connectivity index (χ0v) is 5.44. The molecule has 0 fully saturated rings. The Morgan fingerprint density at radius 2 is 2.20 bits per heavy atom. The fourth-order valence-corrected chi connectivity index (χ4v) is 0.706. The maximum atomic E-state index is 8.52. The molecule has 1 rings (SSSR count). The van der Waals surface area contributed by atoms with Crippen molar-refractivity contribution in [2.45, 2.75) is 12.7 Å². The molecule has 0 radical (unpaired) electrons. The molecule has 0 aliphatic rings. The molecule has 2 N–H and O–H groups in total. The van der Waals surface area contributed by atoms with Crippen molar-refractivity contribution in [2.24, 2.45) is 0 Å². The number of hydrogen-bond acceptors (Lipinski definition) is 3. The number of rotatable bonds is 2. The minimum absolute atomic E-state index is 0.195. The van der Waals surface area contributed by atoms with Crippen LogP contribution in [0.5, 0.6) is 0 Å². The third-order valence-corrected chi connectivity index (χ3v) is 1.12. The molecule has 0 saturated heterocycles. The second-order valence-electron chi connectivity index (χ2n) is 2.01. The minimum atomic E-state index is -1.30. The summed E-state index contributed by atoms with van der Waals surface area (Å²) in [6, 6.07) is 5.34. The van der Waals surface area contributed by atoms with Gasteiger partial charge in [-0.05, 0) is 12.1 Å². The first-order valence-corrected chi connectivity index (χ1v) is 3.05. The predicted molar refractivity (Wildman–Crippen MR) is 36.2 cm³/mol. The monoisotopic (exact) mass is 139 g/mol. The first-order valence-electron chi connectivity index (χ1n) is 3.05. The molecule has 1 heterocycles. The van der Waals surface area contributed by atoms with E-state index in [2.05, 4.69) is 4.98 Å². The molecule has 0 spiro atoms. The molecule has 0 bridgehead atoms. The van der Waals surface area contributed by atoms with Crippen molar-refractivity contribution >= 4 is 0 Å². The van der Waals surface area contributed by atoms with Crippen LogP contribution in [0.4, 0.5) is 0 Å². The van der Waals surface area contributed by atoms with Gasteiger partial charge in [-0.15, -0.1) is 0 Å². The number of nitrogens with zero attached hydrogens (tertiary/aromatic N) is 1. The summed E-state index contributed by atoms with van der Waals surface area (Å²) in [6.45, 7) is 0. The van der Waals surface area contributed by atoms with Gasteiger partial charge in [0.2, 0.25) is 0 Å². The Morgan fingerprint density at radius 3 is 2.70 bits per heavy atom. The van der Waals surface area contributed by atoms with E-state index < -0.39 is 6.29 Å². The van der Waals surface area contributed by atoms with Crippen molar-refractivity contribution in [3.05, 3.63) is 30.1 Å². The van der Waals surface area contributed by atoms with Crippen LogP contribution in [-0.4, -0.2) is 21.5 Å². The summed E-state index contributed by atoms with van der Waals surface area (Å²) in [5.41, 5.74) is 0.692. The van der Waals surface area contributed by atoms with E-state index in [1.165, 1.54) is 0 Å². The number of pyridine rings is 1. The van der Waals surface area contributed by atoms with Gasteiger partial charge in [-0.25, -0.2) is 0 Å². The predicted octanol–water partition coefficient (Wildman–Crippen LogP) is -0.0652. The molecule has 54 valence electrons. The van der Waals surface area contributed by atoms with E-state index in [0.29, 0.717) is 5.69 Å². The molecule has 0 atom stereocenters. The molecule has 0 aliphatic heterocycles. The van der Waals surface area contributed by atoms with Crippen molar-refractivity contribution in [1.82, 2.24) is 4.98 Å². The largest absolute Gasteiger partial charge is 0.368 e. The Morgan fingerprint density at radius 1 is 1.40 bits per heavy atom. The van der Waals surface area contributed by atoms with E-state index in [0.717, 1.165) is 0 Å². The fraction of sp³-hybridized carbons (Fsp3) is 0.286. The van der Waals surface area contributed by atoms with Gasteiger partial charge in [0.05, 0.1) is 0 Å². The maximum absolute atomic E-state index is 8.52. The molecule has 0 aliphatic carbocycles. The summed E-state index contributed by atoms with van der Waals surface area (Å²) in [4.78, 5) is 3.90. The standard InChI is InChI=1S/C7H9NO2/c9-7(10)5-6-3-1-2-4-8-6/h1-4,7,9-10H,5H2. The van der Waals surface area contributed by atoms with Crippen LogP contribution in [0.15, 0.2) is 24.4 Å². The van der Waals surface area contributed by atoms with Crippen molar-refractivity contribution in [3.63, 3.8) is 0 Å². The topological polar surface area (TPSA) is 53.4 Å². The Hall–Kier alpha value is -0.930. The second kappa shape index (κ2) is 3.29. The van der Waals surface area contributed by atoms with Crippen LogP contribution in [-0.2, 0) is 6.42 Å². The summed E-state index contributed by atoms with van der Waals surface area (Å²) >= 11 is 0. The summed E-state index contributed by atoms with van der Waals surface area (Å²) in [5, 5.41) is 17.0. The Kier molecular flexibility index (Phi) is 2.36. The second-order valence-corrected chi connectivity index (χ2v) is 2.01. The van der Waals surface area contributed by atoms with Crippen LogP contribution < -0.4 is 0 Å². The zero-order valence-electron chi connectivity index (χ0n) is 5.44. The van der Waals surface area contributed by atoms with Crippen molar-refractivity contribution in [3.8, 4) is 0 Å². The molecule has 0 unspecified atom stereocenters. The fourth-order valence-electron chi connectivity index (χ4n) is 0.706. The Balaban J connectivity index is 2.59. The van der Waals surface area contributed by atoms with Crippen LogP contribution >= 0.6 is 0 Å². The normalized spacial score (nSPS) is 10.3. The van der Waals surface area contributed by atoms with Gasteiger partial charge in [0.15, 0.2) is 6.29 Å². The van der Waals surface area contributed by atoms with Crippen LogP contribution in [0.3, 0.4) is 0 Å². The van der Waals surface area contributed by atoms with Crippen LogP contribution in [0, 0.1) is 0 Å². The molecule has 1 aromatic rings. The molecule has 0 aromatic carbocycles. The Bertz CT molecular complexity index is 186. The molecule has 0 amide bonds. The molecule has 1 aromatic heterocycles. The van der Waals surface area contributed by atoms with Crippen LogP contribution in [0.1, 0.15) is 5.69 Å². The summed E-state index contributed by atoms with van der Waals surface area (Å²) in [7, 11) is 0. The van der Waals surface area contributed by atoms with Gasteiger partial charge in [-0.3, -0.25) is 4.98 Å². The van der Waals surface area contributed by atoms with Gasteiger partial charge in [0.25, 0.3) is 0 Å². The average Bonchev–Trinajstić information content (AvgIpc) is 1.88. The Labute approximate surface area is 59.0 Å². The number of aliphatic hydroxyl groups excluding tert-OH is 1. The highest BCUT2D eigenvalue weighted by Crippen LogP contribution is 1.95. The third-order valence-electron chi connectivity index (χ3n) is 1.12. The summed E-state index contributed by atoms with van der Waals surface area (Å²) in [5.74, 6) is 0. The molecule has 3 nitrogen and oxygen atoms in total. The molecule has 10 heavy (non-hydrogen) atoms. The maximum Gasteiger partial charge on any atom is 0.157 e. The van der Waals surface area contributed by atoms with E-state index in [9.17, 15) is 0 Å². The van der Waals surface area contributed by atoms with Gasteiger partial charge >= 0.3 is 0 Å². The highest BCUT2D eigenvalue weighted by Gasteiger charge is 1.98. The van der Waals surface area contributed by atoms with E-state index in [1.54, 1.807) is 18.3 Å². The lowest BCUT2D eigenvalue weighted by Crippen LogP contribution is -2.08. The molecular formula is C7H9NO2. The van der Waals surface area contributed by atoms with Crippen molar-refractivity contribution in [2.75, 3.05) is 0 Å². The van der Waals surface area contributed by atoms with Crippen LogP contribution in [0.2, 0.25) is 0 Å². The average molecular weight is 139 g/mol. The van der Waals surface area contributed by atoms with Gasteiger partial charge in [-0.2, -0.15) is 0 Å². The van der Waals surface area contributed by atoms with Gasteiger partial charge in [0, 0.05) is 18.3 Å². The van der Waals surface area contributed by atoms with Crippen molar-refractivity contribution in [1.29, 1.82) is 0 Å². The molecular weight excluding hydrogens is 130 g/mol. The minimum Gasteiger partial charge on any atom is -0.368 e. The zero-order chi connectivity index (χ0) is 7.40. The van der Waals surface area contributed by atoms with E-state index in [-0.39, 0.29) is 6.42 Å². The van der Waals surface area contributed by atoms with E-state index in [4.69, 9.17) is 10.2 Å². The highest BCUT2D eigenvalue weighted by atomic mass is 16.5. The number of hydrogen-bond donors (Lipinski definition) is 2. The summed E-state index contributed by atoms with van der Waals surface area (Å²) in [6.07, 6.45) is 0.522. The van der Waals surface area contributed by atoms with E-state index in [1.807, 2.05) is 6.07 Å². The lowest BCUT2D eigenvalue weighted by molar-refractivity contribution is -0.0388. The third kappa shape index (κ3) is 2.13. The SMILES string of the molecule is OC(O)Cc1ccccn1. The first-order chi connectivity index (χ1) is 4.79. The highest BCUT2D eigenvalue weighted by molar-refractivity contribution is 5.03. The lowest BCUT2D eigenvalue weighted by Gasteiger charge is -2.00. The molecule has 0 saturated carbocycles. The summed E-state index contributed by atoms with van der Waals surface area (Å²) < 4.78 is 0. The van der Waals surface area contributed by atoms with Crippen molar-refractivity contribution < 1.29 is 10.2 Å². The molecule has 3 heteroatoms. The van der Waals surface area contributed by atoms with Gasteiger partial charge in [0.1, 0.15) is 0 Å².